The first-order valence-electron chi connectivity index (χ1n) is 8.62. The molecule has 1 atom stereocenters. The zero-order chi connectivity index (χ0) is 19.1. The molecule has 8 heteroatoms. The third-order valence-corrected chi connectivity index (χ3v) is 4.88. The van der Waals surface area contributed by atoms with Gasteiger partial charge in [0.2, 0.25) is 0 Å². The molecule has 2 aromatic rings. The predicted molar refractivity (Wildman–Crippen MR) is 101 cm³/mol. The average Bonchev–Trinajstić information content (AvgIpc) is 3.39. The summed E-state index contributed by atoms with van der Waals surface area (Å²) in [6.07, 6.45) is 1.97. The molecule has 0 saturated carbocycles. The van der Waals surface area contributed by atoms with Crippen LogP contribution >= 0.6 is 11.3 Å². The van der Waals surface area contributed by atoms with Crippen LogP contribution in [0.5, 0.6) is 0 Å². The van der Waals surface area contributed by atoms with Gasteiger partial charge in [-0.2, -0.15) is 0 Å². The quantitative estimate of drug-likeness (QED) is 0.711. The molecule has 7 nitrogen and oxygen atoms in total. The number of carbonyl (C=O) groups is 3. The molecule has 2 amide bonds. The van der Waals surface area contributed by atoms with Crippen molar-refractivity contribution in [2.75, 3.05) is 25.1 Å². The maximum Gasteiger partial charge on any atom is 0.338 e. The molecule has 1 aliphatic rings. The first-order chi connectivity index (χ1) is 13.1. The lowest BCUT2D eigenvalue weighted by atomic mass is 10.2. The van der Waals surface area contributed by atoms with E-state index in [0.29, 0.717) is 22.7 Å². The van der Waals surface area contributed by atoms with Crippen molar-refractivity contribution in [3.05, 3.63) is 52.2 Å². The second kappa shape index (κ2) is 9.29. The molecule has 0 unspecified atom stereocenters. The number of hydrogen-bond donors (Lipinski definition) is 2. The predicted octanol–water partition coefficient (Wildman–Crippen LogP) is 2.45. The molecule has 2 heterocycles. The minimum absolute atomic E-state index is 0.0431. The molecule has 3 rings (SSSR count). The molecule has 1 saturated heterocycles. The number of anilines is 1. The van der Waals surface area contributed by atoms with Crippen LogP contribution < -0.4 is 10.6 Å². The van der Waals surface area contributed by atoms with Crippen LogP contribution in [0.25, 0.3) is 0 Å². The van der Waals surface area contributed by atoms with Crippen molar-refractivity contribution in [1.82, 2.24) is 5.32 Å². The number of thiophene rings is 1. The molecule has 0 spiro atoms. The standard InChI is InChI=1S/C19H20N2O5S/c22-17(20-11-15-3-1-9-25-15)12-26-19(24)13-5-7-14(8-6-13)21-18(23)16-4-2-10-27-16/h2,4-8,10,15H,1,3,9,11-12H2,(H,20,22)(H,21,23)/t15-/m0/s1. The van der Waals surface area contributed by atoms with Gasteiger partial charge in [-0.15, -0.1) is 11.3 Å². The van der Waals surface area contributed by atoms with Crippen LogP contribution in [0.3, 0.4) is 0 Å². The van der Waals surface area contributed by atoms with Crippen molar-refractivity contribution in [3.63, 3.8) is 0 Å². The molecule has 1 aliphatic heterocycles. The third-order valence-electron chi connectivity index (χ3n) is 4.01. The summed E-state index contributed by atoms with van der Waals surface area (Å²) in [5.41, 5.74) is 0.871. The van der Waals surface area contributed by atoms with Crippen molar-refractivity contribution in [2.24, 2.45) is 0 Å². The number of esters is 1. The molecule has 142 valence electrons. The van der Waals surface area contributed by atoms with Crippen LogP contribution in [0, 0.1) is 0 Å². The van der Waals surface area contributed by atoms with Gasteiger partial charge in [0.25, 0.3) is 11.8 Å². The number of hydrogen-bond acceptors (Lipinski definition) is 6. The summed E-state index contributed by atoms with van der Waals surface area (Å²) >= 11 is 1.35. The molecule has 0 aliphatic carbocycles. The molecular formula is C19H20N2O5S. The van der Waals surface area contributed by atoms with Gasteiger partial charge in [-0.1, -0.05) is 6.07 Å². The number of ether oxygens (including phenoxy) is 2. The fourth-order valence-corrected chi connectivity index (χ4v) is 3.21. The first kappa shape index (κ1) is 19.1. The molecular weight excluding hydrogens is 368 g/mol. The summed E-state index contributed by atoms with van der Waals surface area (Å²) < 4.78 is 10.4. The monoisotopic (exact) mass is 388 g/mol. The molecule has 0 radical (unpaired) electrons. The Morgan fingerprint density at radius 2 is 2.00 bits per heavy atom. The highest BCUT2D eigenvalue weighted by molar-refractivity contribution is 7.12. The lowest BCUT2D eigenvalue weighted by Crippen LogP contribution is -2.34. The lowest BCUT2D eigenvalue weighted by Gasteiger charge is -2.11. The molecule has 2 N–H and O–H groups in total. The maximum absolute atomic E-state index is 12.0. The summed E-state index contributed by atoms with van der Waals surface area (Å²) in [4.78, 5) is 36.3. The van der Waals surface area contributed by atoms with Crippen molar-refractivity contribution in [2.45, 2.75) is 18.9 Å². The van der Waals surface area contributed by atoms with Crippen molar-refractivity contribution in [1.29, 1.82) is 0 Å². The first-order valence-corrected chi connectivity index (χ1v) is 9.50. The Balaban J connectivity index is 1.43. The Hall–Kier alpha value is -2.71. The second-order valence-corrected chi connectivity index (χ2v) is 6.97. The number of carbonyl (C=O) groups excluding carboxylic acids is 3. The van der Waals surface area contributed by atoms with Crippen LogP contribution in [0.4, 0.5) is 5.69 Å². The smallest absolute Gasteiger partial charge is 0.338 e. The zero-order valence-corrected chi connectivity index (χ0v) is 15.4. The van der Waals surface area contributed by atoms with E-state index in [-0.39, 0.29) is 24.5 Å². The van der Waals surface area contributed by atoms with E-state index in [1.165, 1.54) is 23.5 Å². The highest BCUT2D eigenvalue weighted by Crippen LogP contribution is 2.15. The summed E-state index contributed by atoms with van der Waals surface area (Å²) in [6, 6.07) is 9.83. The highest BCUT2D eigenvalue weighted by atomic mass is 32.1. The van der Waals surface area contributed by atoms with Crippen molar-refractivity contribution < 1.29 is 23.9 Å². The number of benzene rings is 1. The van der Waals surface area contributed by atoms with Gasteiger partial charge in [0.15, 0.2) is 6.61 Å². The van der Waals surface area contributed by atoms with Crippen molar-refractivity contribution >= 4 is 34.8 Å². The Bertz CT molecular complexity index is 783. The Morgan fingerprint density at radius 3 is 2.67 bits per heavy atom. The second-order valence-electron chi connectivity index (χ2n) is 6.02. The minimum atomic E-state index is -0.599. The van der Waals surface area contributed by atoms with Gasteiger partial charge in [0.1, 0.15) is 0 Å². The molecule has 27 heavy (non-hydrogen) atoms. The summed E-state index contributed by atoms with van der Waals surface area (Å²) in [5, 5.41) is 7.26. The van der Waals surface area contributed by atoms with E-state index < -0.39 is 5.97 Å². The van der Waals surface area contributed by atoms with Crippen LogP contribution in [0.2, 0.25) is 0 Å². The van der Waals surface area contributed by atoms with E-state index in [1.807, 2.05) is 5.38 Å². The van der Waals surface area contributed by atoms with Gasteiger partial charge in [-0.3, -0.25) is 9.59 Å². The Kier molecular flexibility index (Phi) is 6.56. The fraction of sp³-hybridized carbons (Fsp3) is 0.316. The van der Waals surface area contributed by atoms with E-state index in [1.54, 1.807) is 24.3 Å². The van der Waals surface area contributed by atoms with Crippen LogP contribution in [0.1, 0.15) is 32.9 Å². The van der Waals surface area contributed by atoms with Gasteiger partial charge in [0.05, 0.1) is 16.5 Å². The van der Waals surface area contributed by atoms with Gasteiger partial charge in [-0.25, -0.2) is 4.79 Å². The molecule has 0 bridgehead atoms. The van der Waals surface area contributed by atoms with E-state index in [4.69, 9.17) is 9.47 Å². The van der Waals surface area contributed by atoms with Crippen LogP contribution in [0.15, 0.2) is 41.8 Å². The van der Waals surface area contributed by atoms with Crippen LogP contribution in [-0.4, -0.2) is 43.6 Å². The SMILES string of the molecule is O=C(COC(=O)c1ccc(NC(=O)c2cccs2)cc1)NC[C@@H]1CCCO1. The lowest BCUT2D eigenvalue weighted by molar-refractivity contribution is -0.124. The van der Waals surface area contributed by atoms with Crippen LogP contribution in [-0.2, 0) is 14.3 Å². The van der Waals surface area contributed by atoms with Crippen molar-refractivity contribution in [3.8, 4) is 0 Å². The fourth-order valence-electron chi connectivity index (χ4n) is 2.59. The van der Waals surface area contributed by atoms with E-state index in [9.17, 15) is 14.4 Å². The normalized spacial score (nSPS) is 15.9. The van der Waals surface area contributed by atoms with Gasteiger partial charge >= 0.3 is 5.97 Å². The van der Waals surface area contributed by atoms with E-state index >= 15 is 0 Å². The van der Waals surface area contributed by atoms with E-state index in [2.05, 4.69) is 10.6 Å². The molecule has 1 fully saturated rings. The summed E-state index contributed by atoms with van der Waals surface area (Å²) in [6.45, 7) is 0.802. The largest absolute Gasteiger partial charge is 0.452 e. The van der Waals surface area contributed by atoms with Gasteiger partial charge in [0, 0.05) is 18.8 Å². The highest BCUT2D eigenvalue weighted by Gasteiger charge is 2.17. The Morgan fingerprint density at radius 1 is 1.19 bits per heavy atom. The van der Waals surface area contributed by atoms with Gasteiger partial charge < -0.3 is 20.1 Å². The summed E-state index contributed by atoms with van der Waals surface area (Å²) in [5.74, 6) is -1.17. The maximum atomic E-state index is 12.0. The number of rotatable bonds is 7. The van der Waals surface area contributed by atoms with Gasteiger partial charge in [-0.05, 0) is 48.6 Å². The topological polar surface area (TPSA) is 93.7 Å². The Labute approximate surface area is 160 Å². The number of amides is 2. The minimum Gasteiger partial charge on any atom is -0.452 e. The third kappa shape index (κ3) is 5.63. The van der Waals surface area contributed by atoms with E-state index in [0.717, 1.165) is 19.4 Å². The molecule has 1 aromatic heterocycles. The average molecular weight is 388 g/mol. The molecule has 1 aromatic carbocycles. The summed E-state index contributed by atoms with van der Waals surface area (Å²) in [7, 11) is 0. The number of nitrogens with one attached hydrogen (secondary N) is 2. The zero-order valence-electron chi connectivity index (χ0n) is 14.6.